The zero-order valence-corrected chi connectivity index (χ0v) is 11.3. The Kier molecular flexibility index (Phi) is 4.17. The summed E-state index contributed by atoms with van der Waals surface area (Å²) in [4.78, 5) is 15.3. The largest absolute Gasteiger partial charge is 0.467 e. The molecule has 1 fully saturated rings. The maximum absolute atomic E-state index is 5.14. The van der Waals surface area contributed by atoms with Crippen LogP contribution in [0, 0.1) is 0 Å². The van der Waals surface area contributed by atoms with Crippen LogP contribution in [0.2, 0.25) is 0 Å². The van der Waals surface area contributed by atoms with Crippen molar-refractivity contribution in [3.8, 4) is 6.01 Å². The minimum absolute atomic E-state index is 0.373. The predicted octanol–water partition coefficient (Wildman–Crippen LogP) is 1.69. The summed E-state index contributed by atoms with van der Waals surface area (Å²) < 4.78 is 5.14. The summed E-state index contributed by atoms with van der Waals surface area (Å²) in [5, 5.41) is 3.11. The highest BCUT2D eigenvalue weighted by atomic mass is 16.5. The second-order valence-corrected chi connectivity index (χ2v) is 4.37. The molecule has 1 N–H and O–H groups in total. The normalized spacial score (nSPS) is 19.1. The number of rotatable bonds is 5. The Morgan fingerprint density at radius 2 is 2.17 bits per heavy atom. The molecule has 2 rings (SSSR count). The van der Waals surface area contributed by atoms with Crippen LogP contribution < -0.4 is 15.0 Å². The Morgan fingerprint density at radius 3 is 2.83 bits per heavy atom. The van der Waals surface area contributed by atoms with Crippen LogP contribution in [0.1, 0.15) is 33.1 Å². The van der Waals surface area contributed by atoms with Gasteiger partial charge in [0.2, 0.25) is 11.9 Å². The zero-order valence-electron chi connectivity index (χ0n) is 11.3. The van der Waals surface area contributed by atoms with E-state index in [2.05, 4.69) is 32.1 Å². The number of ether oxygens (including phenoxy) is 1. The first-order valence-corrected chi connectivity index (χ1v) is 6.59. The lowest BCUT2D eigenvalue weighted by Gasteiger charge is -2.23. The minimum Gasteiger partial charge on any atom is -0.467 e. The molecular weight excluding hydrogens is 230 g/mol. The highest BCUT2D eigenvalue weighted by molar-refractivity contribution is 5.40. The average Bonchev–Trinajstić information content (AvgIpc) is 2.87. The van der Waals surface area contributed by atoms with Crippen molar-refractivity contribution in [1.29, 1.82) is 0 Å². The van der Waals surface area contributed by atoms with E-state index in [0.717, 1.165) is 25.5 Å². The lowest BCUT2D eigenvalue weighted by molar-refractivity contribution is 0.378. The summed E-state index contributed by atoms with van der Waals surface area (Å²) in [6.07, 6.45) is 3.52. The van der Waals surface area contributed by atoms with E-state index in [1.54, 1.807) is 7.11 Å². The van der Waals surface area contributed by atoms with Crippen molar-refractivity contribution < 1.29 is 4.74 Å². The molecule has 0 amide bonds. The molecule has 100 valence electrons. The van der Waals surface area contributed by atoms with Gasteiger partial charge in [-0.2, -0.15) is 15.0 Å². The van der Waals surface area contributed by atoms with Gasteiger partial charge in [-0.15, -0.1) is 0 Å². The number of anilines is 2. The van der Waals surface area contributed by atoms with E-state index in [1.165, 1.54) is 12.8 Å². The van der Waals surface area contributed by atoms with Gasteiger partial charge in [0.25, 0.3) is 0 Å². The summed E-state index contributed by atoms with van der Waals surface area (Å²) in [6.45, 7) is 6.01. The number of aromatic nitrogens is 3. The van der Waals surface area contributed by atoms with Gasteiger partial charge in [-0.1, -0.05) is 6.92 Å². The molecule has 1 aliphatic heterocycles. The summed E-state index contributed by atoms with van der Waals surface area (Å²) in [5.41, 5.74) is 0. The molecule has 18 heavy (non-hydrogen) atoms. The van der Waals surface area contributed by atoms with Gasteiger partial charge in [-0.25, -0.2) is 0 Å². The number of methoxy groups -OCH3 is 1. The predicted molar refractivity (Wildman–Crippen MR) is 71.2 cm³/mol. The van der Waals surface area contributed by atoms with Crippen LogP contribution in [0.3, 0.4) is 0 Å². The minimum atomic E-state index is 0.373. The molecule has 6 heteroatoms. The third kappa shape index (κ3) is 2.63. The maximum Gasteiger partial charge on any atom is 0.322 e. The van der Waals surface area contributed by atoms with Gasteiger partial charge >= 0.3 is 6.01 Å². The van der Waals surface area contributed by atoms with E-state index in [4.69, 9.17) is 4.74 Å². The fourth-order valence-electron chi connectivity index (χ4n) is 2.33. The van der Waals surface area contributed by atoms with E-state index in [0.29, 0.717) is 18.0 Å². The van der Waals surface area contributed by atoms with Gasteiger partial charge in [0.05, 0.1) is 7.11 Å². The quantitative estimate of drug-likeness (QED) is 0.859. The standard InChI is InChI=1S/C12H21N5O/c1-4-9-7-6-8-17(9)11-14-10(13-5-2)15-12(16-11)18-3/h9H,4-8H2,1-3H3,(H,13,14,15,16). The molecule has 6 nitrogen and oxygen atoms in total. The van der Waals surface area contributed by atoms with Crippen LogP contribution in [0.4, 0.5) is 11.9 Å². The maximum atomic E-state index is 5.14. The molecule has 1 aromatic rings. The molecule has 1 unspecified atom stereocenters. The molecule has 0 spiro atoms. The molecule has 0 bridgehead atoms. The van der Waals surface area contributed by atoms with Crippen molar-refractivity contribution in [2.24, 2.45) is 0 Å². The van der Waals surface area contributed by atoms with Crippen molar-refractivity contribution in [2.45, 2.75) is 39.2 Å². The van der Waals surface area contributed by atoms with E-state index in [-0.39, 0.29) is 0 Å². The summed E-state index contributed by atoms with van der Waals surface area (Å²) in [6, 6.07) is 0.907. The first-order chi connectivity index (χ1) is 8.78. The molecule has 1 atom stereocenters. The zero-order chi connectivity index (χ0) is 13.0. The van der Waals surface area contributed by atoms with E-state index in [1.807, 2.05) is 6.92 Å². The average molecular weight is 251 g/mol. The van der Waals surface area contributed by atoms with Gasteiger partial charge in [0.1, 0.15) is 0 Å². The highest BCUT2D eigenvalue weighted by Gasteiger charge is 2.26. The van der Waals surface area contributed by atoms with Crippen molar-refractivity contribution in [3.05, 3.63) is 0 Å². The van der Waals surface area contributed by atoms with Crippen LogP contribution in [-0.2, 0) is 0 Å². The molecular formula is C12H21N5O. The summed E-state index contributed by atoms with van der Waals surface area (Å²) >= 11 is 0. The van der Waals surface area contributed by atoms with E-state index in [9.17, 15) is 0 Å². The van der Waals surface area contributed by atoms with Crippen LogP contribution in [0.15, 0.2) is 0 Å². The molecule has 0 aromatic carbocycles. The Hall–Kier alpha value is -1.59. The van der Waals surface area contributed by atoms with Gasteiger partial charge < -0.3 is 15.0 Å². The fourth-order valence-corrected chi connectivity index (χ4v) is 2.33. The highest BCUT2D eigenvalue weighted by Crippen LogP contribution is 2.25. The molecule has 1 aromatic heterocycles. The van der Waals surface area contributed by atoms with Crippen LogP contribution in [0.5, 0.6) is 6.01 Å². The topological polar surface area (TPSA) is 63.2 Å². The molecule has 1 saturated heterocycles. The van der Waals surface area contributed by atoms with Gasteiger partial charge in [0, 0.05) is 19.1 Å². The third-order valence-corrected chi connectivity index (χ3v) is 3.23. The lowest BCUT2D eigenvalue weighted by atomic mass is 10.2. The third-order valence-electron chi connectivity index (χ3n) is 3.23. The first-order valence-electron chi connectivity index (χ1n) is 6.59. The van der Waals surface area contributed by atoms with E-state index >= 15 is 0 Å². The monoisotopic (exact) mass is 251 g/mol. The molecule has 0 aliphatic carbocycles. The number of hydrogen-bond donors (Lipinski definition) is 1. The number of hydrogen-bond acceptors (Lipinski definition) is 6. The molecule has 1 aliphatic rings. The van der Waals surface area contributed by atoms with Gasteiger partial charge in [0.15, 0.2) is 0 Å². The Balaban J connectivity index is 2.27. The van der Waals surface area contributed by atoms with Crippen molar-refractivity contribution in [3.63, 3.8) is 0 Å². The number of nitrogens with one attached hydrogen (secondary N) is 1. The van der Waals surface area contributed by atoms with Gasteiger partial charge in [-0.05, 0) is 26.2 Å². The summed E-state index contributed by atoms with van der Waals surface area (Å²) in [5.74, 6) is 1.31. The molecule has 0 saturated carbocycles. The van der Waals surface area contributed by atoms with Crippen molar-refractivity contribution >= 4 is 11.9 Å². The van der Waals surface area contributed by atoms with Crippen molar-refractivity contribution in [2.75, 3.05) is 30.4 Å². The van der Waals surface area contributed by atoms with Gasteiger partial charge in [-0.3, -0.25) is 0 Å². The Labute approximate surface area is 108 Å². The molecule has 0 radical (unpaired) electrons. The van der Waals surface area contributed by atoms with Crippen LogP contribution in [0.25, 0.3) is 0 Å². The molecule has 2 heterocycles. The SMILES string of the molecule is CCNc1nc(OC)nc(N2CCCC2CC)n1. The van der Waals surface area contributed by atoms with Crippen LogP contribution in [-0.4, -0.2) is 41.2 Å². The Morgan fingerprint density at radius 1 is 1.33 bits per heavy atom. The Bertz CT molecular complexity index is 398. The second-order valence-electron chi connectivity index (χ2n) is 4.37. The number of nitrogens with zero attached hydrogens (tertiary/aromatic N) is 4. The van der Waals surface area contributed by atoms with Crippen LogP contribution >= 0.6 is 0 Å². The smallest absolute Gasteiger partial charge is 0.322 e. The second kappa shape index (κ2) is 5.84. The first kappa shape index (κ1) is 12.9. The van der Waals surface area contributed by atoms with Crippen molar-refractivity contribution in [1.82, 2.24) is 15.0 Å². The lowest BCUT2D eigenvalue weighted by Crippen LogP contribution is -2.30. The van der Waals surface area contributed by atoms with E-state index < -0.39 is 0 Å². The summed E-state index contributed by atoms with van der Waals surface area (Å²) in [7, 11) is 1.58. The fraction of sp³-hybridized carbons (Fsp3) is 0.750.